The summed E-state index contributed by atoms with van der Waals surface area (Å²) in [6, 6.07) is 6.75. The van der Waals surface area contributed by atoms with Gasteiger partial charge in [-0.25, -0.2) is 4.68 Å². The lowest BCUT2D eigenvalue weighted by Crippen LogP contribution is -2.33. The van der Waals surface area contributed by atoms with E-state index in [9.17, 15) is 0 Å². The summed E-state index contributed by atoms with van der Waals surface area (Å²) in [7, 11) is 2.19. The van der Waals surface area contributed by atoms with Crippen LogP contribution in [0.5, 0.6) is 5.75 Å². The topological polar surface area (TPSA) is 46.4 Å². The molecule has 8 heteroatoms. The van der Waals surface area contributed by atoms with Gasteiger partial charge in [0, 0.05) is 21.4 Å². The predicted molar refractivity (Wildman–Crippen MR) is 112 cm³/mol. The highest BCUT2D eigenvalue weighted by molar-refractivity contribution is 9.10. The standard InChI is InChI=1S/C19H22BrN5OS/c1-23-7-4-14(5-8-23)25-19(21-12-22-25)24-11-16-15-3-2-13(20)10-17(15)26-9-6-18(16)27-24/h2-3,10,12,14H,4-9,11H2,1H3. The minimum Gasteiger partial charge on any atom is -0.493 e. The molecule has 1 aromatic heterocycles. The van der Waals surface area contributed by atoms with Crippen LogP contribution in [-0.2, 0) is 0 Å². The highest BCUT2D eigenvalue weighted by Gasteiger charge is 2.32. The fourth-order valence-electron chi connectivity index (χ4n) is 4.03. The Hall–Kier alpha value is -1.51. The molecule has 4 heterocycles. The Morgan fingerprint density at radius 2 is 2.11 bits per heavy atom. The number of hydrogen-bond acceptors (Lipinski definition) is 6. The number of aromatic nitrogens is 3. The normalized spacial score (nSPS) is 21.0. The van der Waals surface area contributed by atoms with Gasteiger partial charge in [-0.15, -0.1) is 0 Å². The first kappa shape index (κ1) is 17.6. The van der Waals surface area contributed by atoms with Gasteiger partial charge in [-0.05, 0) is 68.7 Å². The number of piperidine rings is 1. The minimum atomic E-state index is 0.436. The molecular formula is C19H22BrN5OS. The van der Waals surface area contributed by atoms with Crippen molar-refractivity contribution in [2.45, 2.75) is 25.3 Å². The Kier molecular flexibility index (Phi) is 4.65. The number of benzene rings is 1. The maximum Gasteiger partial charge on any atom is 0.234 e. The molecule has 1 aromatic carbocycles. The van der Waals surface area contributed by atoms with Crippen LogP contribution in [0.2, 0.25) is 0 Å². The van der Waals surface area contributed by atoms with E-state index in [0.717, 1.165) is 55.1 Å². The third-order valence-corrected chi connectivity index (χ3v) is 7.20. The molecule has 27 heavy (non-hydrogen) atoms. The fraction of sp³-hybridized carbons (Fsp3) is 0.474. The van der Waals surface area contributed by atoms with Gasteiger partial charge in [-0.1, -0.05) is 15.9 Å². The summed E-state index contributed by atoms with van der Waals surface area (Å²) >= 11 is 5.35. The van der Waals surface area contributed by atoms with Crippen molar-refractivity contribution in [3.63, 3.8) is 0 Å². The predicted octanol–water partition coefficient (Wildman–Crippen LogP) is 3.97. The van der Waals surface area contributed by atoms with Crippen molar-refractivity contribution in [3.8, 4) is 5.75 Å². The lowest BCUT2D eigenvalue weighted by molar-refractivity contribution is 0.213. The SMILES string of the molecule is CN1CCC(n2ncnc2N2CC3=C(CCOc4cc(Br)ccc43)S2)CC1. The number of halogens is 1. The van der Waals surface area contributed by atoms with E-state index in [0.29, 0.717) is 12.6 Å². The van der Waals surface area contributed by atoms with E-state index >= 15 is 0 Å². The van der Waals surface area contributed by atoms with Crippen LogP contribution >= 0.6 is 27.9 Å². The molecule has 2 aromatic rings. The average molecular weight is 448 g/mol. The zero-order valence-electron chi connectivity index (χ0n) is 15.3. The Labute approximate surface area is 171 Å². The molecule has 0 unspecified atom stereocenters. The molecule has 5 rings (SSSR count). The number of rotatable bonds is 2. The summed E-state index contributed by atoms with van der Waals surface area (Å²) in [5.41, 5.74) is 2.56. The Morgan fingerprint density at radius 3 is 2.96 bits per heavy atom. The van der Waals surface area contributed by atoms with Crippen molar-refractivity contribution in [2.24, 2.45) is 0 Å². The van der Waals surface area contributed by atoms with Gasteiger partial charge >= 0.3 is 0 Å². The third kappa shape index (κ3) is 3.28. The van der Waals surface area contributed by atoms with Crippen LogP contribution < -0.4 is 9.04 Å². The van der Waals surface area contributed by atoms with E-state index in [1.54, 1.807) is 18.3 Å². The molecule has 0 bridgehead atoms. The van der Waals surface area contributed by atoms with Gasteiger partial charge in [-0.2, -0.15) is 10.1 Å². The lowest BCUT2D eigenvalue weighted by Gasteiger charge is -2.30. The molecule has 1 fully saturated rings. The van der Waals surface area contributed by atoms with Crippen LogP contribution in [0, 0.1) is 0 Å². The smallest absolute Gasteiger partial charge is 0.234 e. The van der Waals surface area contributed by atoms with Crippen molar-refractivity contribution in [1.29, 1.82) is 0 Å². The molecule has 3 aliphatic heterocycles. The average Bonchev–Trinajstić information content (AvgIpc) is 3.27. The zero-order chi connectivity index (χ0) is 18.4. The zero-order valence-corrected chi connectivity index (χ0v) is 17.7. The quantitative estimate of drug-likeness (QED) is 0.648. The van der Waals surface area contributed by atoms with Gasteiger partial charge in [0.2, 0.25) is 5.95 Å². The third-order valence-electron chi connectivity index (χ3n) is 5.53. The van der Waals surface area contributed by atoms with E-state index in [1.807, 2.05) is 0 Å². The van der Waals surface area contributed by atoms with Gasteiger partial charge < -0.3 is 9.64 Å². The molecule has 3 aliphatic rings. The van der Waals surface area contributed by atoms with Crippen LogP contribution in [0.15, 0.2) is 33.9 Å². The summed E-state index contributed by atoms with van der Waals surface area (Å²) in [5.74, 6) is 1.94. The molecule has 1 saturated heterocycles. The van der Waals surface area contributed by atoms with E-state index in [4.69, 9.17) is 4.74 Å². The number of likely N-dealkylation sites (tertiary alicyclic amines) is 1. The number of nitrogens with zero attached hydrogens (tertiary/aromatic N) is 5. The molecule has 0 amide bonds. The second-order valence-electron chi connectivity index (χ2n) is 7.31. The van der Waals surface area contributed by atoms with Crippen LogP contribution in [0.3, 0.4) is 0 Å². The molecule has 6 nitrogen and oxygen atoms in total. The van der Waals surface area contributed by atoms with Crippen molar-refractivity contribution in [3.05, 3.63) is 39.5 Å². The maximum absolute atomic E-state index is 5.98. The molecule has 0 spiro atoms. The Morgan fingerprint density at radius 1 is 1.26 bits per heavy atom. The number of anilines is 1. The first-order valence-corrected chi connectivity index (χ1v) is 10.9. The first-order chi connectivity index (χ1) is 13.2. The first-order valence-electron chi connectivity index (χ1n) is 9.37. The number of hydrogen-bond donors (Lipinski definition) is 0. The summed E-state index contributed by atoms with van der Waals surface area (Å²) in [4.78, 5) is 8.39. The van der Waals surface area contributed by atoms with Crippen molar-refractivity contribution in [1.82, 2.24) is 19.7 Å². The highest BCUT2D eigenvalue weighted by Crippen LogP contribution is 2.46. The molecule has 0 atom stereocenters. The molecule has 0 saturated carbocycles. The van der Waals surface area contributed by atoms with E-state index in [1.165, 1.54) is 16.0 Å². The Balaban J connectivity index is 1.42. The van der Waals surface area contributed by atoms with Gasteiger partial charge in [0.15, 0.2) is 0 Å². The summed E-state index contributed by atoms with van der Waals surface area (Å²) < 4.78 is 11.5. The molecule has 0 radical (unpaired) electrons. The molecule has 0 N–H and O–H groups in total. The molecule has 142 valence electrons. The highest BCUT2D eigenvalue weighted by atomic mass is 79.9. The van der Waals surface area contributed by atoms with Crippen LogP contribution in [0.1, 0.15) is 30.9 Å². The van der Waals surface area contributed by atoms with E-state index in [-0.39, 0.29) is 0 Å². The van der Waals surface area contributed by atoms with Crippen LogP contribution in [0.25, 0.3) is 5.57 Å². The summed E-state index contributed by atoms with van der Waals surface area (Å²) in [6.45, 7) is 3.78. The fourth-order valence-corrected chi connectivity index (χ4v) is 5.51. The summed E-state index contributed by atoms with van der Waals surface area (Å²) in [6.07, 6.45) is 4.89. The van der Waals surface area contributed by atoms with Crippen molar-refractivity contribution < 1.29 is 4.74 Å². The maximum atomic E-state index is 5.98. The van der Waals surface area contributed by atoms with Crippen molar-refractivity contribution >= 4 is 39.4 Å². The second kappa shape index (κ2) is 7.14. The number of ether oxygens (including phenoxy) is 1. The monoisotopic (exact) mass is 447 g/mol. The van der Waals surface area contributed by atoms with Crippen LogP contribution in [0.4, 0.5) is 5.95 Å². The summed E-state index contributed by atoms with van der Waals surface area (Å²) in [5, 5.41) is 4.58. The van der Waals surface area contributed by atoms with Gasteiger partial charge in [-0.3, -0.25) is 4.31 Å². The van der Waals surface area contributed by atoms with Gasteiger partial charge in [0.25, 0.3) is 0 Å². The molecular weight excluding hydrogens is 426 g/mol. The molecule has 0 aliphatic carbocycles. The minimum absolute atomic E-state index is 0.436. The van der Waals surface area contributed by atoms with Gasteiger partial charge in [0.05, 0.1) is 19.2 Å². The lowest BCUT2D eigenvalue weighted by atomic mass is 10.0. The van der Waals surface area contributed by atoms with E-state index < -0.39 is 0 Å². The van der Waals surface area contributed by atoms with Gasteiger partial charge in [0.1, 0.15) is 12.1 Å². The van der Waals surface area contributed by atoms with Crippen molar-refractivity contribution in [2.75, 3.05) is 37.6 Å². The largest absolute Gasteiger partial charge is 0.493 e. The number of fused-ring (bicyclic) bond motifs is 2. The second-order valence-corrected chi connectivity index (χ2v) is 9.34. The van der Waals surface area contributed by atoms with Crippen LogP contribution in [-0.4, -0.2) is 53.0 Å². The Bertz CT molecular complexity index is 890. The van der Waals surface area contributed by atoms with E-state index in [2.05, 4.69) is 65.1 Å².